The molecular weight excluding hydrogens is 240 g/mol. The van der Waals surface area contributed by atoms with E-state index in [2.05, 4.69) is 24.2 Å². The highest BCUT2D eigenvalue weighted by atomic mass is 32.2. The Hall–Kier alpha value is -0.300. The van der Waals surface area contributed by atoms with Gasteiger partial charge in [-0.2, -0.15) is 0 Å². The summed E-state index contributed by atoms with van der Waals surface area (Å²) in [5.74, 6) is 0.428. The molecule has 2 fully saturated rings. The minimum atomic E-state index is -0.831. The summed E-state index contributed by atoms with van der Waals surface area (Å²) in [6.07, 6.45) is -1.18. The molecule has 5 atom stereocenters. The van der Waals surface area contributed by atoms with Crippen LogP contribution in [0.1, 0.15) is 20.3 Å². The van der Waals surface area contributed by atoms with Crippen LogP contribution >= 0.6 is 11.8 Å². The number of aliphatic imine (C=N–C) groups is 1. The molecule has 0 amide bonds. The summed E-state index contributed by atoms with van der Waals surface area (Å²) < 4.78 is 5.85. The van der Waals surface area contributed by atoms with Crippen molar-refractivity contribution in [3.63, 3.8) is 0 Å². The lowest BCUT2D eigenvalue weighted by molar-refractivity contribution is -0.160. The molecule has 2 aliphatic heterocycles. The molecule has 17 heavy (non-hydrogen) atoms. The van der Waals surface area contributed by atoms with Crippen molar-refractivity contribution < 1.29 is 14.9 Å². The second-order valence-corrected chi connectivity index (χ2v) is 6.06. The number of rotatable bonds is 2. The maximum absolute atomic E-state index is 10.1. The van der Waals surface area contributed by atoms with Gasteiger partial charge in [-0.15, -0.1) is 0 Å². The van der Waals surface area contributed by atoms with E-state index in [1.54, 1.807) is 7.05 Å². The van der Waals surface area contributed by atoms with E-state index in [0.717, 1.165) is 11.6 Å². The van der Waals surface area contributed by atoms with Gasteiger partial charge in [0.15, 0.2) is 5.17 Å². The average molecular weight is 260 g/mol. The monoisotopic (exact) mass is 260 g/mol. The van der Waals surface area contributed by atoms with Gasteiger partial charge in [0.1, 0.15) is 17.6 Å². The zero-order chi connectivity index (χ0) is 12.6. The molecule has 0 aromatic carbocycles. The predicted molar refractivity (Wildman–Crippen MR) is 68.0 cm³/mol. The maximum atomic E-state index is 10.1. The minimum absolute atomic E-state index is 0.157. The first-order valence-corrected chi connectivity index (χ1v) is 6.82. The first-order chi connectivity index (χ1) is 8.02. The van der Waals surface area contributed by atoms with Crippen LogP contribution in [0.4, 0.5) is 0 Å². The van der Waals surface area contributed by atoms with Crippen LogP contribution in [0.2, 0.25) is 0 Å². The van der Waals surface area contributed by atoms with E-state index in [-0.39, 0.29) is 17.6 Å². The Kier molecular flexibility index (Phi) is 3.97. The minimum Gasteiger partial charge on any atom is -0.388 e. The second-order valence-electron chi connectivity index (χ2n) is 4.97. The highest BCUT2D eigenvalue weighted by molar-refractivity contribution is 8.14. The molecule has 0 bridgehead atoms. The number of thioether (sulfide) groups is 1. The van der Waals surface area contributed by atoms with E-state index in [0.29, 0.717) is 5.92 Å². The Morgan fingerprint density at radius 2 is 2.12 bits per heavy atom. The number of hydrogen-bond donors (Lipinski definition) is 3. The average Bonchev–Trinajstić information content (AvgIpc) is 2.68. The third-order valence-electron chi connectivity index (χ3n) is 3.13. The van der Waals surface area contributed by atoms with Crippen molar-refractivity contribution in [2.45, 2.75) is 50.1 Å². The van der Waals surface area contributed by atoms with Gasteiger partial charge in [-0.25, -0.2) is 0 Å². The fraction of sp³-hybridized carbons (Fsp3) is 0.909. The van der Waals surface area contributed by atoms with Crippen molar-refractivity contribution in [3.05, 3.63) is 0 Å². The summed E-state index contributed by atoms with van der Waals surface area (Å²) in [4.78, 5) is 4.05. The molecule has 3 N–H and O–H groups in total. The van der Waals surface area contributed by atoms with Gasteiger partial charge < -0.3 is 20.3 Å². The molecule has 2 aliphatic rings. The van der Waals surface area contributed by atoms with E-state index in [1.807, 2.05) is 0 Å². The largest absolute Gasteiger partial charge is 0.388 e. The molecule has 2 rings (SSSR count). The van der Waals surface area contributed by atoms with Crippen LogP contribution in [0.5, 0.6) is 0 Å². The topological polar surface area (TPSA) is 74.1 Å². The molecule has 0 aromatic rings. The quantitative estimate of drug-likeness (QED) is 0.660. The van der Waals surface area contributed by atoms with Gasteiger partial charge in [0, 0.05) is 7.05 Å². The molecule has 0 aromatic heterocycles. The van der Waals surface area contributed by atoms with Gasteiger partial charge in [-0.3, -0.25) is 4.99 Å². The van der Waals surface area contributed by atoms with Crippen LogP contribution in [-0.2, 0) is 4.74 Å². The van der Waals surface area contributed by atoms with Gasteiger partial charge >= 0.3 is 0 Å². The van der Waals surface area contributed by atoms with Crippen molar-refractivity contribution in [1.82, 2.24) is 5.32 Å². The summed E-state index contributed by atoms with van der Waals surface area (Å²) in [5.41, 5.74) is -0.157. The van der Waals surface area contributed by atoms with Gasteiger partial charge in [0.05, 0.1) is 12.1 Å². The molecular formula is C11H20N2O3S. The van der Waals surface area contributed by atoms with Crippen LogP contribution in [0.3, 0.4) is 0 Å². The molecule has 0 saturated carbocycles. The third-order valence-corrected chi connectivity index (χ3v) is 4.29. The lowest BCUT2D eigenvalue weighted by Crippen LogP contribution is -2.59. The molecule has 0 spiro atoms. The standard InChI is InChI=1S/C11H20N2O3S/c1-5(2)4-6-8(14)9(15)7-10(16-6)17-11(12-3)13-7/h5-10,14-15H,4H2,1-3H3,(H,12,13). The Labute approximate surface area is 106 Å². The lowest BCUT2D eigenvalue weighted by Gasteiger charge is -2.39. The zero-order valence-corrected chi connectivity index (χ0v) is 11.1. The number of hydrogen-bond acceptors (Lipinski definition) is 5. The Bertz CT molecular complexity index is 311. The lowest BCUT2D eigenvalue weighted by atomic mass is 9.92. The van der Waals surface area contributed by atoms with E-state index in [1.165, 1.54) is 11.8 Å². The van der Waals surface area contributed by atoms with Crippen LogP contribution in [0, 0.1) is 5.92 Å². The molecule has 2 heterocycles. The van der Waals surface area contributed by atoms with Gasteiger partial charge in [-0.1, -0.05) is 25.6 Å². The second kappa shape index (κ2) is 5.14. The highest BCUT2D eigenvalue weighted by Crippen LogP contribution is 2.35. The normalized spacial score (nSPS) is 43.9. The number of aliphatic hydroxyl groups is 2. The number of fused-ring (bicyclic) bond motifs is 1. The summed E-state index contributed by atoms with van der Waals surface area (Å²) in [7, 11) is 1.70. The number of amidine groups is 1. The van der Waals surface area contributed by atoms with Crippen LogP contribution < -0.4 is 5.32 Å². The van der Waals surface area contributed by atoms with E-state index < -0.39 is 12.2 Å². The Morgan fingerprint density at radius 3 is 2.71 bits per heavy atom. The van der Waals surface area contributed by atoms with Gasteiger partial charge in [-0.05, 0) is 12.3 Å². The zero-order valence-electron chi connectivity index (χ0n) is 10.3. The molecule has 0 aliphatic carbocycles. The first-order valence-electron chi connectivity index (χ1n) is 5.94. The molecule has 2 saturated heterocycles. The Morgan fingerprint density at radius 1 is 1.41 bits per heavy atom. The summed E-state index contributed by atoms with van der Waals surface area (Å²) >= 11 is 1.48. The molecule has 0 radical (unpaired) electrons. The number of nitrogens with one attached hydrogen (secondary N) is 1. The van der Waals surface area contributed by atoms with Crippen molar-refractivity contribution in [3.8, 4) is 0 Å². The Balaban J connectivity index is 2.08. The summed E-state index contributed by atoms with van der Waals surface area (Å²) in [5, 5.41) is 23.9. The number of aliphatic hydroxyl groups excluding tert-OH is 2. The molecule has 5 unspecified atom stereocenters. The molecule has 6 heteroatoms. The molecule has 98 valence electrons. The summed E-state index contributed by atoms with van der Waals surface area (Å²) in [6, 6.07) is -0.267. The van der Waals surface area contributed by atoms with E-state index in [4.69, 9.17) is 4.74 Å². The van der Waals surface area contributed by atoms with E-state index in [9.17, 15) is 10.2 Å². The van der Waals surface area contributed by atoms with E-state index >= 15 is 0 Å². The first kappa shape index (κ1) is 13.1. The third kappa shape index (κ3) is 2.59. The molecule has 5 nitrogen and oxygen atoms in total. The fourth-order valence-corrected chi connectivity index (χ4v) is 3.35. The smallest absolute Gasteiger partial charge is 0.159 e. The summed E-state index contributed by atoms with van der Waals surface area (Å²) in [6.45, 7) is 4.15. The van der Waals surface area contributed by atoms with Crippen molar-refractivity contribution >= 4 is 16.9 Å². The van der Waals surface area contributed by atoms with Crippen molar-refractivity contribution in [2.24, 2.45) is 10.9 Å². The van der Waals surface area contributed by atoms with Crippen LogP contribution in [0.25, 0.3) is 0 Å². The van der Waals surface area contributed by atoms with Crippen molar-refractivity contribution in [1.29, 1.82) is 0 Å². The fourth-order valence-electron chi connectivity index (χ4n) is 2.25. The number of ether oxygens (including phenoxy) is 1. The predicted octanol–water partition coefficient (Wildman–Crippen LogP) is 0.170. The van der Waals surface area contributed by atoms with Crippen LogP contribution in [-0.4, -0.2) is 52.2 Å². The maximum Gasteiger partial charge on any atom is 0.159 e. The van der Waals surface area contributed by atoms with Crippen LogP contribution in [0.15, 0.2) is 4.99 Å². The van der Waals surface area contributed by atoms with Gasteiger partial charge in [0.25, 0.3) is 0 Å². The SMILES string of the molecule is CN=C1NC2C(OC(CC(C)C)C(O)C2O)S1. The van der Waals surface area contributed by atoms with Gasteiger partial charge in [0.2, 0.25) is 0 Å². The number of nitrogens with zero attached hydrogens (tertiary/aromatic N) is 1. The highest BCUT2D eigenvalue weighted by Gasteiger charge is 2.48. The van der Waals surface area contributed by atoms with Crippen molar-refractivity contribution in [2.75, 3.05) is 7.05 Å².